The summed E-state index contributed by atoms with van der Waals surface area (Å²) in [6.07, 6.45) is 2.00. The maximum atomic E-state index is 12.3. The Morgan fingerprint density at radius 1 is 1.29 bits per heavy atom. The standard InChI is InChI=1S/C17H14N4O3/c1-23-10-5-6-11-12(17(22)19-14(11)8-10)9-15-20-16(21-24-15)13-4-2-3-7-18-13/h2-8,12H,9H2,1H3,(H,19,22)/t12-/m1/s1. The van der Waals surface area contributed by atoms with E-state index in [4.69, 9.17) is 9.26 Å². The zero-order chi connectivity index (χ0) is 16.5. The summed E-state index contributed by atoms with van der Waals surface area (Å²) >= 11 is 0. The van der Waals surface area contributed by atoms with Gasteiger partial charge in [0.15, 0.2) is 0 Å². The first-order valence-corrected chi connectivity index (χ1v) is 7.47. The van der Waals surface area contributed by atoms with Crippen LogP contribution in [0.1, 0.15) is 17.4 Å². The number of aromatic nitrogens is 3. The van der Waals surface area contributed by atoms with Gasteiger partial charge >= 0.3 is 0 Å². The normalized spacial score (nSPS) is 15.9. The number of nitrogens with zero attached hydrogens (tertiary/aromatic N) is 3. The molecule has 3 aromatic rings. The lowest BCUT2D eigenvalue weighted by Gasteiger charge is -2.06. The molecule has 3 heterocycles. The van der Waals surface area contributed by atoms with Gasteiger partial charge in [-0.1, -0.05) is 17.3 Å². The molecule has 120 valence electrons. The Bertz CT molecular complexity index is 892. The first kappa shape index (κ1) is 14.4. The highest BCUT2D eigenvalue weighted by Crippen LogP contribution is 2.36. The number of pyridine rings is 1. The monoisotopic (exact) mass is 322 g/mol. The highest BCUT2D eigenvalue weighted by atomic mass is 16.5. The van der Waals surface area contributed by atoms with Crippen LogP contribution in [0.4, 0.5) is 5.69 Å². The van der Waals surface area contributed by atoms with E-state index >= 15 is 0 Å². The van der Waals surface area contributed by atoms with Gasteiger partial charge in [0.25, 0.3) is 0 Å². The third-order valence-corrected chi connectivity index (χ3v) is 3.95. The van der Waals surface area contributed by atoms with Crippen LogP contribution in [-0.4, -0.2) is 28.1 Å². The van der Waals surface area contributed by atoms with Gasteiger partial charge in [0.2, 0.25) is 17.6 Å². The number of hydrogen-bond donors (Lipinski definition) is 1. The minimum atomic E-state index is -0.358. The van der Waals surface area contributed by atoms with E-state index in [0.717, 1.165) is 11.3 Å². The number of fused-ring (bicyclic) bond motifs is 1. The van der Waals surface area contributed by atoms with Crippen molar-refractivity contribution in [1.82, 2.24) is 15.1 Å². The zero-order valence-electron chi connectivity index (χ0n) is 12.9. The quantitative estimate of drug-likeness (QED) is 0.793. The SMILES string of the molecule is COc1ccc2c(c1)NC(=O)[C@@H]2Cc1nc(-c2ccccn2)no1. The predicted octanol–water partition coefficient (Wildman–Crippen LogP) is 2.42. The maximum Gasteiger partial charge on any atom is 0.232 e. The van der Waals surface area contributed by atoms with E-state index < -0.39 is 0 Å². The fourth-order valence-electron chi connectivity index (χ4n) is 2.75. The van der Waals surface area contributed by atoms with Crippen LogP contribution in [0.2, 0.25) is 0 Å². The van der Waals surface area contributed by atoms with Gasteiger partial charge in [-0.2, -0.15) is 4.98 Å². The van der Waals surface area contributed by atoms with Crippen LogP contribution >= 0.6 is 0 Å². The minimum absolute atomic E-state index is 0.0872. The number of anilines is 1. The molecule has 1 N–H and O–H groups in total. The molecule has 7 nitrogen and oxygen atoms in total. The Morgan fingerprint density at radius 3 is 3.00 bits per heavy atom. The van der Waals surface area contributed by atoms with E-state index in [1.165, 1.54) is 0 Å². The molecule has 0 fully saturated rings. The molecule has 1 atom stereocenters. The van der Waals surface area contributed by atoms with Crippen LogP contribution < -0.4 is 10.1 Å². The average molecular weight is 322 g/mol. The second kappa shape index (κ2) is 5.77. The van der Waals surface area contributed by atoms with Crippen molar-refractivity contribution in [2.24, 2.45) is 0 Å². The molecule has 0 unspecified atom stereocenters. The number of carbonyl (C=O) groups is 1. The summed E-state index contributed by atoms with van der Waals surface area (Å²) in [5, 5.41) is 6.80. The highest BCUT2D eigenvalue weighted by molar-refractivity contribution is 6.03. The summed E-state index contributed by atoms with van der Waals surface area (Å²) in [4.78, 5) is 20.8. The van der Waals surface area contributed by atoms with Gasteiger partial charge < -0.3 is 14.6 Å². The molecule has 0 bridgehead atoms. The maximum absolute atomic E-state index is 12.3. The molecule has 7 heteroatoms. The van der Waals surface area contributed by atoms with Crippen molar-refractivity contribution < 1.29 is 14.1 Å². The lowest BCUT2D eigenvalue weighted by molar-refractivity contribution is -0.117. The van der Waals surface area contributed by atoms with Gasteiger partial charge in [0.1, 0.15) is 11.4 Å². The highest BCUT2D eigenvalue weighted by Gasteiger charge is 2.32. The molecule has 0 spiro atoms. The van der Waals surface area contributed by atoms with Crippen molar-refractivity contribution >= 4 is 11.6 Å². The topological polar surface area (TPSA) is 90.1 Å². The number of hydrogen-bond acceptors (Lipinski definition) is 6. The molecule has 0 radical (unpaired) electrons. The molecule has 0 saturated carbocycles. The van der Waals surface area contributed by atoms with E-state index in [9.17, 15) is 4.79 Å². The number of rotatable bonds is 4. The lowest BCUT2D eigenvalue weighted by Crippen LogP contribution is -2.14. The predicted molar refractivity (Wildman–Crippen MR) is 85.6 cm³/mol. The van der Waals surface area contributed by atoms with Gasteiger partial charge in [0, 0.05) is 24.4 Å². The van der Waals surface area contributed by atoms with E-state index in [2.05, 4.69) is 20.4 Å². The van der Waals surface area contributed by atoms with Crippen molar-refractivity contribution in [2.45, 2.75) is 12.3 Å². The fourth-order valence-corrected chi connectivity index (χ4v) is 2.75. The van der Waals surface area contributed by atoms with Crippen molar-refractivity contribution in [3.8, 4) is 17.3 Å². The smallest absolute Gasteiger partial charge is 0.232 e. The van der Waals surface area contributed by atoms with E-state index in [-0.39, 0.29) is 11.8 Å². The van der Waals surface area contributed by atoms with E-state index in [1.807, 2.05) is 24.3 Å². The molecule has 4 rings (SSSR count). The number of ether oxygens (including phenoxy) is 1. The summed E-state index contributed by atoms with van der Waals surface area (Å²) in [5.74, 6) is 1.07. The van der Waals surface area contributed by atoms with Gasteiger partial charge in [-0.3, -0.25) is 9.78 Å². The number of carbonyl (C=O) groups excluding carboxylic acids is 1. The Balaban J connectivity index is 1.59. The molecule has 0 aliphatic carbocycles. The van der Waals surface area contributed by atoms with Crippen LogP contribution in [-0.2, 0) is 11.2 Å². The molecular formula is C17H14N4O3. The fraction of sp³-hybridized carbons (Fsp3) is 0.176. The summed E-state index contributed by atoms with van der Waals surface area (Å²) in [6, 6.07) is 11.0. The zero-order valence-corrected chi connectivity index (χ0v) is 12.9. The number of amides is 1. The van der Waals surface area contributed by atoms with Crippen LogP contribution in [0.5, 0.6) is 5.75 Å². The summed E-state index contributed by atoms with van der Waals surface area (Å²) in [6.45, 7) is 0. The second-order valence-corrected chi connectivity index (χ2v) is 5.43. The van der Waals surface area contributed by atoms with Crippen LogP contribution in [0.25, 0.3) is 11.5 Å². The van der Waals surface area contributed by atoms with Crippen molar-refractivity contribution in [2.75, 3.05) is 12.4 Å². The van der Waals surface area contributed by atoms with Crippen molar-refractivity contribution in [1.29, 1.82) is 0 Å². The van der Waals surface area contributed by atoms with Crippen LogP contribution in [0, 0.1) is 0 Å². The van der Waals surface area contributed by atoms with Crippen LogP contribution in [0.15, 0.2) is 47.1 Å². The summed E-state index contributed by atoms with van der Waals surface area (Å²) < 4.78 is 10.5. The molecule has 24 heavy (non-hydrogen) atoms. The van der Waals surface area contributed by atoms with Gasteiger partial charge in [-0.15, -0.1) is 0 Å². The second-order valence-electron chi connectivity index (χ2n) is 5.43. The third kappa shape index (κ3) is 2.50. The average Bonchev–Trinajstić information content (AvgIpc) is 3.20. The molecule has 1 amide bonds. The largest absolute Gasteiger partial charge is 0.497 e. The Morgan fingerprint density at radius 2 is 2.21 bits per heavy atom. The van der Waals surface area contributed by atoms with E-state index in [0.29, 0.717) is 29.6 Å². The van der Waals surface area contributed by atoms with Crippen molar-refractivity contribution in [3.05, 3.63) is 54.0 Å². The first-order valence-electron chi connectivity index (χ1n) is 7.47. The number of benzene rings is 1. The minimum Gasteiger partial charge on any atom is -0.497 e. The van der Waals surface area contributed by atoms with Gasteiger partial charge in [-0.05, 0) is 23.8 Å². The third-order valence-electron chi connectivity index (χ3n) is 3.95. The van der Waals surface area contributed by atoms with Gasteiger partial charge in [-0.25, -0.2) is 0 Å². The number of nitrogens with one attached hydrogen (secondary N) is 1. The molecule has 2 aromatic heterocycles. The lowest BCUT2D eigenvalue weighted by atomic mass is 9.97. The molecule has 1 aromatic carbocycles. The Labute approximate surface area is 137 Å². The summed E-state index contributed by atoms with van der Waals surface area (Å²) in [7, 11) is 1.59. The first-order chi connectivity index (χ1) is 11.7. The van der Waals surface area contributed by atoms with E-state index in [1.54, 1.807) is 25.4 Å². The molecule has 1 aliphatic heterocycles. The Hall–Kier alpha value is -3.22. The summed E-state index contributed by atoms with van der Waals surface area (Å²) in [5.41, 5.74) is 2.29. The van der Waals surface area contributed by atoms with Gasteiger partial charge in [0.05, 0.1) is 13.0 Å². The molecule has 0 saturated heterocycles. The van der Waals surface area contributed by atoms with Crippen molar-refractivity contribution in [3.63, 3.8) is 0 Å². The molecular weight excluding hydrogens is 308 g/mol. The molecule has 1 aliphatic rings. The number of methoxy groups -OCH3 is 1. The van der Waals surface area contributed by atoms with Crippen LogP contribution in [0.3, 0.4) is 0 Å². The Kier molecular flexibility index (Phi) is 3.45.